The Bertz CT molecular complexity index is 1000. The van der Waals surface area contributed by atoms with Gasteiger partial charge in [-0.3, -0.25) is 14.9 Å². The molecule has 2 aromatic heterocycles. The maximum Gasteiger partial charge on any atom is 0.417 e. The Morgan fingerprint density at radius 1 is 1.28 bits per heavy atom. The number of carbonyl (C=O) groups is 3. The molecule has 0 radical (unpaired) electrons. The van der Waals surface area contributed by atoms with Crippen LogP contribution >= 0.6 is 0 Å². The van der Waals surface area contributed by atoms with Gasteiger partial charge in [0.25, 0.3) is 5.91 Å². The van der Waals surface area contributed by atoms with Gasteiger partial charge in [-0.05, 0) is 39.3 Å². The molecule has 0 bridgehead atoms. The normalized spacial score (nSPS) is 13.9. The quantitative estimate of drug-likeness (QED) is 0.832. The van der Waals surface area contributed by atoms with Crippen molar-refractivity contribution in [3.05, 3.63) is 29.1 Å². The number of rotatable bonds is 2. The molecular weight excluding hydrogens is 374 g/mol. The van der Waals surface area contributed by atoms with Crippen LogP contribution in [0.2, 0.25) is 0 Å². The van der Waals surface area contributed by atoms with E-state index < -0.39 is 17.6 Å². The number of amides is 3. The molecule has 3 heterocycles. The fourth-order valence-electron chi connectivity index (χ4n) is 3.23. The van der Waals surface area contributed by atoms with E-state index in [2.05, 4.69) is 15.3 Å². The molecule has 1 aliphatic rings. The van der Waals surface area contributed by atoms with E-state index in [9.17, 15) is 14.4 Å². The van der Waals surface area contributed by atoms with Crippen molar-refractivity contribution >= 4 is 23.9 Å². The van der Waals surface area contributed by atoms with Crippen molar-refractivity contribution < 1.29 is 19.1 Å². The van der Waals surface area contributed by atoms with E-state index in [0.717, 1.165) is 16.2 Å². The first-order chi connectivity index (χ1) is 13.5. The number of anilines is 1. The average molecular weight is 399 g/mol. The van der Waals surface area contributed by atoms with Crippen molar-refractivity contribution in [1.82, 2.24) is 19.4 Å². The van der Waals surface area contributed by atoms with Crippen molar-refractivity contribution in [2.75, 3.05) is 11.9 Å². The minimum absolute atomic E-state index is 0.193. The van der Waals surface area contributed by atoms with Gasteiger partial charge in [0.15, 0.2) is 0 Å². The lowest BCUT2D eigenvalue weighted by Gasteiger charge is -2.28. The van der Waals surface area contributed by atoms with Crippen LogP contribution in [0.15, 0.2) is 12.3 Å². The summed E-state index contributed by atoms with van der Waals surface area (Å²) in [7, 11) is 1.85. The number of carbonyl (C=O) groups excluding carboxylic acids is 3. The molecule has 9 nitrogen and oxygen atoms in total. The number of nitrogens with zero attached hydrogens (tertiary/aromatic N) is 4. The largest absolute Gasteiger partial charge is 0.443 e. The van der Waals surface area contributed by atoms with Crippen LogP contribution in [-0.2, 0) is 23.0 Å². The van der Waals surface area contributed by atoms with E-state index >= 15 is 0 Å². The smallest absolute Gasteiger partial charge is 0.417 e. The van der Waals surface area contributed by atoms with Gasteiger partial charge in [-0.25, -0.2) is 19.7 Å². The predicted molar refractivity (Wildman–Crippen MR) is 106 cm³/mol. The van der Waals surface area contributed by atoms with Crippen molar-refractivity contribution in [2.45, 2.75) is 46.6 Å². The van der Waals surface area contributed by atoms with Crippen LogP contribution in [-0.4, -0.2) is 49.5 Å². The molecular formula is C20H25N5O4. The first-order valence-corrected chi connectivity index (χ1v) is 9.33. The Labute approximate surface area is 169 Å². The van der Waals surface area contributed by atoms with Crippen molar-refractivity contribution in [3.63, 3.8) is 0 Å². The number of ether oxygens (including phenoxy) is 1. The van der Waals surface area contributed by atoms with Crippen LogP contribution in [0.5, 0.6) is 0 Å². The molecule has 0 aromatic carbocycles. The van der Waals surface area contributed by atoms with Gasteiger partial charge in [0.2, 0.25) is 11.9 Å². The van der Waals surface area contributed by atoms with Crippen LogP contribution in [0.1, 0.15) is 49.3 Å². The summed E-state index contributed by atoms with van der Waals surface area (Å²) in [4.78, 5) is 46.4. The Morgan fingerprint density at radius 2 is 1.97 bits per heavy atom. The summed E-state index contributed by atoms with van der Waals surface area (Å²) in [5.74, 6) is -0.468. The third kappa shape index (κ3) is 4.13. The highest BCUT2D eigenvalue weighted by Gasteiger charge is 2.35. The minimum atomic E-state index is -0.683. The van der Waals surface area contributed by atoms with E-state index in [1.807, 2.05) is 18.5 Å². The maximum atomic E-state index is 13.0. The number of aryl methyl sites for hydroxylation is 1. The summed E-state index contributed by atoms with van der Waals surface area (Å²) in [6.07, 6.45) is 1.48. The number of aromatic nitrogens is 3. The molecule has 1 N–H and O–H groups in total. The predicted octanol–water partition coefficient (Wildman–Crippen LogP) is 2.68. The van der Waals surface area contributed by atoms with Crippen molar-refractivity contribution in [1.29, 1.82) is 0 Å². The standard InChI is InChI=1S/C20H25N5O4/c1-11-10-21-18(22-12(2)26)23-16(11)15-9-13-14(24(15)6)7-8-25(17(13)27)19(28)29-20(3,4)5/h9-10H,7-8H2,1-6H3,(H,21,22,23,26). The molecule has 0 atom stereocenters. The topological polar surface area (TPSA) is 106 Å². The minimum Gasteiger partial charge on any atom is -0.443 e. The van der Waals surface area contributed by atoms with Crippen molar-refractivity contribution in [3.8, 4) is 11.4 Å². The average Bonchev–Trinajstić information content (AvgIpc) is 2.92. The van der Waals surface area contributed by atoms with E-state index in [1.54, 1.807) is 33.0 Å². The van der Waals surface area contributed by atoms with E-state index in [4.69, 9.17) is 4.74 Å². The Kier molecular flexibility index (Phi) is 5.16. The van der Waals surface area contributed by atoms with Crippen LogP contribution in [0.25, 0.3) is 11.4 Å². The van der Waals surface area contributed by atoms with Gasteiger partial charge in [-0.2, -0.15) is 0 Å². The molecule has 0 spiro atoms. The highest BCUT2D eigenvalue weighted by Crippen LogP contribution is 2.30. The molecule has 0 unspecified atom stereocenters. The maximum absolute atomic E-state index is 13.0. The molecule has 29 heavy (non-hydrogen) atoms. The second-order valence-corrected chi connectivity index (χ2v) is 8.04. The number of nitrogens with one attached hydrogen (secondary N) is 1. The van der Waals surface area contributed by atoms with Gasteiger partial charge in [0.05, 0.1) is 17.0 Å². The van der Waals surface area contributed by atoms with Crippen LogP contribution in [0, 0.1) is 6.92 Å². The summed E-state index contributed by atoms with van der Waals surface area (Å²) in [6.45, 7) is 8.77. The highest BCUT2D eigenvalue weighted by molar-refractivity contribution is 6.05. The SMILES string of the molecule is CC(=O)Nc1ncc(C)c(-c2cc3c(n2C)CCN(C(=O)OC(C)(C)C)C3=O)n1. The van der Waals surface area contributed by atoms with Gasteiger partial charge in [0.1, 0.15) is 5.60 Å². The molecule has 0 saturated carbocycles. The van der Waals surface area contributed by atoms with Crippen LogP contribution < -0.4 is 5.32 Å². The lowest BCUT2D eigenvalue weighted by atomic mass is 10.1. The van der Waals surface area contributed by atoms with E-state index in [-0.39, 0.29) is 18.4 Å². The lowest BCUT2D eigenvalue weighted by Crippen LogP contribution is -2.44. The second-order valence-electron chi connectivity index (χ2n) is 8.04. The lowest BCUT2D eigenvalue weighted by molar-refractivity contribution is -0.114. The second kappa shape index (κ2) is 7.31. The highest BCUT2D eigenvalue weighted by atomic mass is 16.6. The zero-order valence-electron chi connectivity index (χ0n) is 17.5. The number of imide groups is 1. The Hall–Kier alpha value is -3.23. The number of hydrogen-bond acceptors (Lipinski definition) is 6. The van der Waals surface area contributed by atoms with Crippen LogP contribution in [0.4, 0.5) is 10.7 Å². The Morgan fingerprint density at radius 3 is 2.59 bits per heavy atom. The van der Waals surface area contributed by atoms with Gasteiger partial charge in [0, 0.05) is 38.8 Å². The molecule has 0 fully saturated rings. The zero-order chi connectivity index (χ0) is 21.5. The molecule has 9 heteroatoms. The third-order valence-corrected chi connectivity index (χ3v) is 4.52. The molecule has 1 aliphatic heterocycles. The van der Waals surface area contributed by atoms with E-state index in [0.29, 0.717) is 23.4 Å². The summed E-state index contributed by atoms with van der Waals surface area (Å²) in [5, 5.41) is 2.57. The molecule has 3 rings (SSSR count). The van der Waals surface area contributed by atoms with Gasteiger partial charge in [-0.1, -0.05) is 0 Å². The van der Waals surface area contributed by atoms with Crippen LogP contribution in [0.3, 0.4) is 0 Å². The Balaban J connectivity index is 1.98. The molecule has 0 saturated heterocycles. The summed E-state index contributed by atoms with van der Waals surface area (Å²) < 4.78 is 7.25. The molecule has 2 aromatic rings. The van der Waals surface area contributed by atoms with Gasteiger partial charge >= 0.3 is 6.09 Å². The summed E-state index contributed by atoms with van der Waals surface area (Å²) in [6, 6.07) is 1.72. The number of hydrogen-bond donors (Lipinski definition) is 1. The first kappa shape index (κ1) is 20.5. The fourth-order valence-corrected chi connectivity index (χ4v) is 3.23. The zero-order valence-corrected chi connectivity index (χ0v) is 17.5. The summed E-state index contributed by atoms with van der Waals surface area (Å²) >= 11 is 0. The van der Waals surface area contributed by atoms with E-state index in [1.165, 1.54) is 6.92 Å². The molecule has 154 valence electrons. The molecule has 3 amide bonds. The molecule has 0 aliphatic carbocycles. The monoisotopic (exact) mass is 399 g/mol. The van der Waals surface area contributed by atoms with Crippen molar-refractivity contribution in [2.24, 2.45) is 7.05 Å². The number of fused-ring (bicyclic) bond motifs is 1. The summed E-state index contributed by atoms with van der Waals surface area (Å²) in [5.41, 5.74) is 2.70. The third-order valence-electron chi connectivity index (χ3n) is 4.52. The van der Waals surface area contributed by atoms with Gasteiger partial charge < -0.3 is 9.30 Å². The first-order valence-electron chi connectivity index (χ1n) is 9.33. The fraction of sp³-hybridized carbons (Fsp3) is 0.450. The van der Waals surface area contributed by atoms with Gasteiger partial charge in [-0.15, -0.1) is 0 Å².